The molecule has 5 nitrogen and oxygen atoms in total. The Morgan fingerprint density at radius 2 is 1.84 bits per heavy atom. The summed E-state index contributed by atoms with van der Waals surface area (Å²) in [7, 11) is 0. The molecule has 0 amide bonds. The third-order valence-corrected chi connectivity index (χ3v) is 4.61. The number of benzene rings is 2. The Labute approximate surface area is 181 Å². The van der Waals surface area contributed by atoms with E-state index in [1.165, 1.54) is 42.5 Å². The molecule has 10 heteroatoms. The summed E-state index contributed by atoms with van der Waals surface area (Å²) in [5.41, 5.74) is 0.694. The van der Waals surface area contributed by atoms with Gasteiger partial charge in [0.15, 0.2) is 0 Å². The highest BCUT2D eigenvalue weighted by Gasteiger charge is 2.31. The summed E-state index contributed by atoms with van der Waals surface area (Å²) in [5.74, 6) is -0.523. The molecular weight excluding hydrogens is 436 g/mol. The van der Waals surface area contributed by atoms with Crippen molar-refractivity contribution in [2.24, 2.45) is 0 Å². The van der Waals surface area contributed by atoms with E-state index in [0.717, 1.165) is 6.42 Å². The number of rotatable bonds is 7. The highest BCUT2D eigenvalue weighted by molar-refractivity contribution is 6.33. The Bertz CT molecular complexity index is 1040. The topological polar surface area (TPSA) is 59.1 Å². The molecular formula is C21H19ClF4N4O. The van der Waals surface area contributed by atoms with Crippen LogP contribution < -0.4 is 15.4 Å². The van der Waals surface area contributed by atoms with Crippen LogP contribution in [0.15, 0.2) is 48.5 Å². The lowest BCUT2D eigenvalue weighted by molar-refractivity contribution is -0.274. The summed E-state index contributed by atoms with van der Waals surface area (Å²) in [6.45, 7) is 3.90. The molecule has 1 heterocycles. The minimum Gasteiger partial charge on any atom is -0.406 e. The molecule has 0 bridgehead atoms. The molecule has 31 heavy (non-hydrogen) atoms. The van der Waals surface area contributed by atoms with Gasteiger partial charge in [-0.05, 0) is 37.6 Å². The van der Waals surface area contributed by atoms with Gasteiger partial charge in [-0.3, -0.25) is 0 Å². The standard InChI is InChI=1S/C21H19ClF4N4O/c1-3-12(2)27-20-28-17(13-6-4-7-14(10-13)31-21(24,25)26)11-18(30-20)29-19-15(22)8-5-9-16(19)23/h4-12H,3H2,1-2H3,(H2,27,28,29,30)/t12-/m0/s1. The van der Waals surface area contributed by atoms with Crippen LogP contribution in [0.1, 0.15) is 20.3 Å². The Balaban J connectivity index is 2.03. The van der Waals surface area contributed by atoms with Crippen molar-refractivity contribution in [1.82, 2.24) is 9.97 Å². The van der Waals surface area contributed by atoms with Gasteiger partial charge in [-0.25, -0.2) is 9.37 Å². The number of para-hydroxylation sites is 1. The quantitative estimate of drug-likeness (QED) is 0.385. The van der Waals surface area contributed by atoms with Crippen molar-refractivity contribution in [1.29, 1.82) is 0 Å². The van der Waals surface area contributed by atoms with Gasteiger partial charge in [-0.1, -0.05) is 36.7 Å². The second-order valence-corrected chi connectivity index (χ2v) is 7.12. The first-order valence-electron chi connectivity index (χ1n) is 9.37. The Kier molecular flexibility index (Phi) is 6.84. The van der Waals surface area contributed by atoms with Gasteiger partial charge in [0.1, 0.15) is 17.4 Å². The van der Waals surface area contributed by atoms with Crippen LogP contribution in [-0.4, -0.2) is 22.4 Å². The van der Waals surface area contributed by atoms with E-state index in [2.05, 4.69) is 25.3 Å². The Morgan fingerprint density at radius 1 is 1.10 bits per heavy atom. The van der Waals surface area contributed by atoms with Crippen LogP contribution in [0.25, 0.3) is 11.3 Å². The lowest BCUT2D eigenvalue weighted by Gasteiger charge is -2.16. The molecule has 0 aliphatic carbocycles. The number of nitrogens with zero attached hydrogens (tertiary/aromatic N) is 2. The fourth-order valence-electron chi connectivity index (χ4n) is 2.64. The van der Waals surface area contributed by atoms with E-state index in [1.807, 2.05) is 13.8 Å². The molecule has 164 valence electrons. The average molecular weight is 455 g/mol. The minimum absolute atomic E-state index is 0.0254. The zero-order valence-corrected chi connectivity index (χ0v) is 17.4. The van der Waals surface area contributed by atoms with E-state index >= 15 is 0 Å². The molecule has 1 atom stereocenters. The van der Waals surface area contributed by atoms with Crippen molar-refractivity contribution in [3.05, 3.63) is 59.4 Å². The maximum Gasteiger partial charge on any atom is 0.573 e. The highest BCUT2D eigenvalue weighted by atomic mass is 35.5. The van der Waals surface area contributed by atoms with E-state index in [0.29, 0.717) is 11.3 Å². The summed E-state index contributed by atoms with van der Waals surface area (Å²) >= 11 is 6.08. The largest absolute Gasteiger partial charge is 0.573 e. The zero-order chi connectivity index (χ0) is 22.6. The van der Waals surface area contributed by atoms with E-state index < -0.39 is 12.2 Å². The number of nitrogens with one attached hydrogen (secondary N) is 2. The number of halogens is 5. The van der Waals surface area contributed by atoms with Crippen molar-refractivity contribution in [2.75, 3.05) is 10.6 Å². The summed E-state index contributed by atoms with van der Waals surface area (Å²) in [5, 5.41) is 6.09. The molecule has 0 aliphatic rings. The van der Waals surface area contributed by atoms with Gasteiger partial charge in [0.2, 0.25) is 5.95 Å². The van der Waals surface area contributed by atoms with Crippen LogP contribution >= 0.6 is 11.6 Å². The number of ether oxygens (including phenoxy) is 1. The predicted molar refractivity (Wildman–Crippen MR) is 112 cm³/mol. The first-order valence-corrected chi connectivity index (χ1v) is 9.75. The number of anilines is 3. The van der Waals surface area contributed by atoms with E-state index in [9.17, 15) is 17.6 Å². The first kappa shape index (κ1) is 22.6. The molecule has 0 saturated heterocycles. The van der Waals surface area contributed by atoms with Crippen LogP contribution in [0.5, 0.6) is 5.75 Å². The Morgan fingerprint density at radius 3 is 2.52 bits per heavy atom. The lowest BCUT2D eigenvalue weighted by Crippen LogP contribution is -2.17. The molecule has 0 unspecified atom stereocenters. The number of hydrogen-bond acceptors (Lipinski definition) is 5. The minimum atomic E-state index is -4.82. The van der Waals surface area contributed by atoms with Gasteiger partial charge in [0.05, 0.1) is 16.4 Å². The SMILES string of the molecule is CC[C@H](C)Nc1nc(Nc2c(F)cccc2Cl)cc(-c2cccc(OC(F)(F)F)c2)n1. The van der Waals surface area contributed by atoms with E-state index in [-0.39, 0.29) is 34.3 Å². The highest BCUT2D eigenvalue weighted by Crippen LogP contribution is 2.31. The van der Waals surface area contributed by atoms with Crippen molar-refractivity contribution < 1.29 is 22.3 Å². The van der Waals surface area contributed by atoms with Gasteiger partial charge in [-0.2, -0.15) is 4.98 Å². The predicted octanol–water partition coefficient (Wildman–Crippen LogP) is 6.79. The second-order valence-electron chi connectivity index (χ2n) is 6.71. The summed E-state index contributed by atoms with van der Waals surface area (Å²) in [6, 6.07) is 11.1. The normalized spacial score (nSPS) is 12.4. The van der Waals surface area contributed by atoms with Gasteiger partial charge in [0.25, 0.3) is 0 Å². The van der Waals surface area contributed by atoms with Crippen LogP contribution in [0.4, 0.5) is 35.0 Å². The van der Waals surface area contributed by atoms with Crippen molar-refractivity contribution in [2.45, 2.75) is 32.7 Å². The summed E-state index contributed by atoms with van der Waals surface area (Å²) < 4.78 is 56.0. The molecule has 1 aromatic heterocycles. The maximum atomic E-state index is 14.2. The maximum absolute atomic E-state index is 14.2. The molecule has 0 spiro atoms. The second kappa shape index (κ2) is 9.38. The van der Waals surface area contributed by atoms with Gasteiger partial charge in [-0.15, -0.1) is 13.2 Å². The third kappa shape index (κ3) is 6.21. The molecule has 0 fully saturated rings. The van der Waals surface area contributed by atoms with E-state index in [1.54, 1.807) is 6.07 Å². The summed E-state index contributed by atoms with van der Waals surface area (Å²) in [4.78, 5) is 8.73. The summed E-state index contributed by atoms with van der Waals surface area (Å²) in [6.07, 6.45) is -4.04. The zero-order valence-electron chi connectivity index (χ0n) is 16.6. The van der Waals surface area contributed by atoms with Gasteiger partial charge in [0, 0.05) is 17.7 Å². The number of hydrogen-bond donors (Lipinski definition) is 2. The average Bonchev–Trinajstić information content (AvgIpc) is 2.69. The van der Waals surface area contributed by atoms with Crippen LogP contribution in [0, 0.1) is 5.82 Å². The van der Waals surface area contributed by atoms with Crippen LogP contribution in [0.3, 0.4) is 0 Å². The van der Waals surface area contributed by atoms with Crippen LogP contribution in [0.2, 0.25) is 5.02 Å². The molecule has 3 rings (SSSR count). The third-order valence-electron chi connectivity index (χ3n) is 4.29. The van der Waals surface area contributed by atoms with Crippen molar-refractivity contribution in [3.8, 4) is 17.0 Å². The molecule has 0 radical (unpaired) electrons. The number of aromatic nitrogens is 2. The number of alkyl halides is 3. The fourth-order valence-corrected chi connectivity index (χ4v) is 2.85. The van der Waals surface area contributed by atoms with Gasteiger partial charge < -0.3 is 15.4 Å². The molecule has 2 aromatic carbocycles. The molecule has 0 aliphatic heterocycles. The van der Waals surface area contributed by atoms with Crippen molar-refractivity contribution in [3.63, 3.8) is 0 Å². The first-order chi connectivity index (χ1) is 14.6. The molecule has 3 aromatic rings. The van der Waals surface area contributed by atoms with Gasteiger partial charge >= 0.3 is 6.36 Å². The molecule has 2 N–H and O–H groups in total. The molecule has 0 saturated carbocycles. The van der Waals surface area contributed by atoms with Crippen LogP contribution in [-0.2, 0) is 0 Å². The fraction of sp³-hybridized carbons (Fsp3) is 0.238. The Hall–Kier alpha value is -3.07. The smallest absolute Gasteiger partial charge is 0.406 e. The monoisotopic (exact) mass is 454 g/mol. The van der Waals surface area contributed by atoms with E-state index in [4.69, 9.17) is 11.6 Å². The van der Waals surface area contributed by atoms with Crippen molar-refractivity contribution >= 4 is 29.1 Å². The lowest BCUT2D eigenvalue weighted by atomic mass is 10.1.